The Hall–Kier alpha value is -1.15. The van der Waals surface area contributed by atoms with Crippen LogP contribution >= 0.6 is 0 Å². The molecule has 0 N–H and O–H groups in total. The van der Waals surface area contributed by atoms with E-state index in [1.807, 2.05) is 46.0 Å². The van der Waals surface area contributed by atoms with Crippen molar-refractivity contribution < 1.29 is 4.79 Å². The van der Waals surface area contributed by atoms with Crippen molar-refractivity contribution in [1.29, 1.82) is 0 Å². The number of likely N-dealkylation sites (N-methyl/N-ethyl adjacent to an activating group) is 1. The summed E-state index contributed by atoms with van der Waals surface area (Å²) in [7, 11) is 2.04. The minimum Gasteiger partial charge on any atom is -0.297 e. The lowest BCUT2D eigenvalue weighted by atomic mass is 9.82. The molecule has 1 aromatic carbocycles. The fourth-order valence-electron chi connectivity index (χ4n) is 2.43. The predicted octanol–water partition coefficient (Wildman–Crippen LogP) is 3.76. The van der Waals surface area contributed by atoms with Gasteiger partial charge in [0.2, 0.25) is 0 Å². The maximum absolute atomic E-state index is 12.6. The van der Waals surface area contributed by atoms with Crippen LogP contribution in [0.25, 0.3) is 0 Å². The summed E-state index contributed by atoms with van der Waals surface area (Å²) < 4.78 is 0. The Morgan fingerprint density at radius 3 is 2.11 bits per heavy atom. The Labute approximate surface area is 117 Å². The number of rotatable bonds is 5. The predicted molar refractivity (Wildman–Crippen MR) is 81.0 cm³/mol. The van der Waals surface area contributed by atoms with E-state index < -0.39 is 0 Å². The molecule has 0 saturated heterocycles. The summed E-state index contributed by atoms with van der Waals surface area (Å²) in [5.41, 5.74) is 0.956. The molecule has 0 spiro atoms. The Kier molecular flexibility index (Phi) is 5.30. The first-order valence-corrected chi connectivity index (χ1v) is 7.02. The molecule has 1 rings (SSSR count). The third-order valence-corrected chi connectivity index (χ3v) is 3.39. The third-order valence-electron chi connectivity index (χ3n) is 3.39. The highest BCUT2D eigenvalue weighted by molar-refractivity contribution is 5.88. The molecule has 2 nitrogen and oxygen atoms in total. The molecule has 0 aromatic heterocycles. The topological polar surface area (TPSA) is 20.3 Å². The van der Waals surface area contributed by atoms with Crippen molar-refractivity contribution in [2.75, 3.05) is 7.05 Å². The molecule has 0 aliphatic carbocycles. The van der Waals surface area contributed by atoms with Crippen LogP contribution in [0.2, 0.25) is 0 Å². The van der Waals surface area contributed by atoms with Crippen molar-refractivity contribution in [3.8, 4) is 0 Å². The average Bonchev–Trinajstić information content (AvgIpc) is 2.28. The van der Waals surface area contributed by atoms with E-state index in [0.29, 0.717) is 11.7 Å². The second kappa shape index (κ2) is 6.33. The van der Waals surface area contributed by atoms with Crippen molar-refractivity contribution in [1.82, 2.24) is 4.90 Å². The molecule has 0 saturated carbocycles. The summed E-state index contributed by atoms with van der Waals surface area (Å²) in [6, 6.07) is 10.3. The maximum Gasteiger partial charge on any atom is 0.155 e. The minimum absolute atomic E-state index is 0.0276. The summed E-state index contributed by atoms with van der Waals surface area (Å²) in [4.78, 5) is 14.8. The van der Waals surface area contributed by atoms with Crippen molar-refractivity contribution in [3.63, 3.8) is 0 Å². The molecule has 0 aliphatic heterocycles. The van der Waals surface area contributed by atoms with Crippen LogP contribution in [0, 0.1) is 11.3 Å². The van der Waals surface area contributed by atoms with E-state index in [4.69, 9.17) is 0 Å². The van der Waals surface area contributed by atoms with Crippen molar-refractivity contribution >= 4 is 5.78 Å². The van der Waals surface area contributed by atoms with E-state index in [1.54, 1.807) is 0 Å². The monoisotopic (exact) mass is 261 g/mol. The number of Topliss-reactive ketones (excluding diaryl/α,β-unsaturated/α-hetero) is 1. The number of ketones is 1. The van der Waals surface area contributed by atoms with Crippen LogP contribution in [0.1, 0.15) is 40.2 Å². The van der Waals surface area contributed by atoms with Crippen LogP contribution in [0.15, 0.2) is 30.3 Å². The second-order valence-electron chi connectivity index (χ2n) is 6.70. The second-order valence-corrected chi connectivity index (χ2v) is 6.70. The van der Waals surface area contributed by atoms with Gasteiger partial charge in [0.1, 0.15) is 0 Å². The van der Waals surface area contributed by atoms with Gasteiger partial charge in [0, 0.05) is 12.0 Å². The quantitative estimate of drug-likeness (QED) is 0.804. The molecule has 0 heterocycles. The molecular formula is C17H27NO. The normalized spacial score (nSPS) is 13.9. The fourth-order valence-corrected chi connectivity index (χ4v) is 2.43. The van der Waals surface area contributed by atoms with Crippen LogP contribution in [-0.2, 0) is 11.3 Å². The molecule has 106 valence electrons. The first-order chi connectivity index (χ1) is 8.73. The highest BCUT2D eigenvalue weighted by Gasteiger charge is 2.34. The fraction of sp³-hybridized carbons (Fsp3) is 0.588. The van der Waals surface area contributed by atoms with Gasteiger partial charge in [-0.15, -0.1) is 0 Å². The van der Waals surface area contributed by atoms with Crippen molar-refractivity contribution in [2.45, 2.75) is 47.2 Å². The van der Waals surface area contributed by atoms with Crippen LogP contribution in [0.3, 0.4) is 0 Å². The molecule has 0 aliphatic rings. The van der Waals surface area contributed by atoms with Crippen LogP contribution in [0.5, 0.6) is 0 Å². The molecule has 2 heteroatoms. The molecular weight excluding hydrogens is 234 g/mol. The molecule has 1 atom stereocenters. The Morgan fingerprint density at radius 1 is 1.16 bits per heavy atom. The van der Waals surface area contributed by atoms with E-state index in [2.05, 4.69) is 30.9 Å². The molecule has 1 unspecified atom stereocenters. The Bertz CT molecular complexity index is 403. The van der Waals surface area contributed by atoms with Crippen LogP contribution < -0.4 is 0 Å². The van der Waals surface area contributed by atoms with Crippen LogP contribution in [-0.4, -0.2) is 23.8 Å². The average molecular weight is 261 g/mol. The van der Waals surface area contributed by atoms with Crippen LogP contribution in [0.4, 0.5) is 0 Å². The summed E-state index contributed by atoms with van der Waals surface area (Å²) in [6.45, 7) is 11.1. The number of carbonyl (C=O) groups is 1. The molecule has 1 aromatic rings. The first-order valence-electron chi connectivity index (χ1n) is 7.02. The summed E-state index contributed by atoms with van der Waals surface area (Å²) in [6.07, 6.45) is 0. The lowest BCUT2D eigenvalue weighted by Gasteiger charge is -2.34. The van der Waals surface area contributed by atoms with Crippen molar-refractivity contribution in [3.05, 3.63) is 35.9 Å². The summed E-state index contributed by atoms with van der Waals surface area (Å²) in [5, 5.41) is 0. The van der Waals surface area contributed by atoms with Gasteiger partial charge in [0.15, 0.2) is 5.78 Å². The van der Waals surface area contributed by atoms with Gasteiger partial charge in [-0.2, -0.15) is 0 Å². The van der Waals surface area contributed by atoms with Crippen molar-refractivity contribution in [2.24, 2.45) is 11.3 Å². The lowest BCUT2D eigenvalue weighted by Crippen LogP contribution is -2.46. The zero-order valence-electron chi connectivity index (χ0n) is 13.1. The maximum atomic E-state index is 12.6. The summed E-state index contributed by atoms with van der Waals surface area (Å²) in [5.74, 6) is 0.640. The summed E-state index contributed by atoms with van der Waals surface area (Å²) >= 11 is 0. The largest absolute Gasteiger partial charge is 0.297 e. The first kappa shape index (κ1) is 15.9. The highest BCUT2D eigenvalue weighted by atomic mass is 16.1. The number of benzene rings is 1. The van der Waals surface area contributed by atoms with E-state index in [-0.39, 0.29) is 11.5 Å². The van der Waals surface area contributed by atoms with Gasteiger partial charge in [-0.3, -0.25) is 9.69 Å². The van der Waals surface area contributed by atoms with E-state index >= 15 is 0 Å². The Balaban J connectivity index is 2.85. The molecule has 19 heavy (non-hydrogen) atoms. The number of carbonyl (C=O) groups excluding carboxylic acids is 1. The zero-order chi connectivity index (χ0) is 14.6. The van der Waals surface area contributed by atoms with E-state index in [1.165, 1.54) is 5.56 Å². The SMILES string of the molecule is CC(C)C(C(=O)C(C)(C)C)N(C)Cc1ccccc1. The van der Waals surface area contributed by atoms with Gasteiger partial charge < -0.3 is 0 Å². The van der Waals surface area contributed by atoms with Gasteiger partial charge >= 0.3 is 0 Å². The van der Waals surface area contributed by atoms with E-state index in [9.17, 15) is 4.79 Å². The molecule has 0 bridgehead atoms. The Morgan fingerprint density at radius 2 is 1.68 bits per heavy atom. The third kappa shape index (κ3) is 4.46. The standard InChI is InChI=1S/C17H27NO/c1-13(2)15(16(19)17(3,4)5)18(6)12-14-10-8-7-9-11-14/h7-11,13,15H,12H2,1-6H3. The zero-order valence-corrected chi connectivity index (χ0v) is 13.1. The number of hydrogen-bond donors (Lipinski definition) is 0. The molecule has 0 radical (unpaired) electrons. The number of nitrogens with zero attached hydrogens (tertiary/aromatic N) is 1. The lowest BCUT2D eigenvalue weighted by molar-refractivity contribution is -0.133. The van der Waals surface area contributed by atoms with Gasteiger partial charge in [-0.1, -0.05) is 65.0 Å². The minimum atomic E-state index is -0.292. The smallest absolute Gasteiger partial charge is 0.155 e. The van der Waals surface area contributed by atoms with Gasteiger partial charge in [0.25, 0.3) is 0 Å². The number of hydrogen-bond acceptors (Lipinski definition) is 2. The highest BCUT2D eigenvalue weighted by Crippen LogP contribution is 2.24. The molecule has 0 amide bonds. The van der Waals surface area contributed by atoms with E-state index in [0.717, 1.165) is 6.54 Å². The van der Waals surface area contributed by atoms with Gasteiger partial charge in [-0.05, 0) is 18.5 Å². The molecule has 0 fully saturated rings. The van der Waals surface area contributed by atoms with Gasteiger partial charge in [0.05, 0.1) is 6.04 Å². The van der Waals surface area contributed by atoms with Gasteiger partial charge in [-0.25, -0.2) is 0 Å².